The van der Waals surface area contributed by atoms with Crippen molar-refractivity contribution < 1.29 is 14.3 Å². The van der Waals surface area contributed by atoms with E-state index in [4.69, 9.17) is 4.74 Å². The first-order valence-corrected chi connectivity index (χ1v) is 11.5. The van der Waals surface area contributed by atoms with Crippen LogP contribution in [0.4, 0.5) is 5.69 Å². The molecule has 0 bridgehead atoms. The first-order chi connectivity index (χ1) is 16.2. The predicted molar refractivity (Wildman–Crippen MR) is 132 cm³/mol. The van der Waals surface area contributed by atoms with E-state index < -0.39 is 0 Å². The second kappa shape index (κ2) is 11.1. The van der Waals surface area contributed by atoms with Crippen molar-refractivity contribution in [3.63, 3.8) is 0 Å². The van der Waals surface area contributed by atoms with Crippen LogP contribution in [0.25, 0.3) is 0 Å². The minimum atomic E-state index is -0.219. The molecule has 0 saturated carbocycles. The topological polar surface area (TPSA) is 67.4 Å². The Hall–Kier alpha value is -3.90. The van der Waals surface area contributed by atoms with E-state index in [9.17, 15) is 9.59 Å². The molecule has 0 aliphatic carbocycles. The van der Waals surface area contributed by atoms with Gasteiger partial charge < -0.3 is 15.4 Å². The van der Waals surface area contributed by atoms with E-state index in [1.807, 2.05) is 66.0 Å². The number of thiophene rings is 1. The van der Waals surface area contributed by atoms with Crippen LogP contribution in [0.5, 0.6) is 5.75 Å². The number of carbonyl (C=O) groups excluding carboxylic acids is 2. The molecule has 2 N–H and O–H groups in total. The first kappa shape index (κ1) is 22.3. The van der Waals surface area contributed by atoms with Crippen molar-refractivity contribution in [3.8, 4) is 5.75 Å². The fraction of sp³-hybridized carbons (Fsp3) is 0.111. The maximum atomic E-state index is 12.8. The summed E-state index contributed by atoms with van der Waals surface area (Å²) in [6, 6.07) is 28.4. The lowest BCUT2D eigenvalue weighted by atomic mass is 10.1. The molecule has 0 atom stereocenters. The highest BCUT2D eigenvalue weighted by Crippen LogP contribution is 2.24. The molecule has 0 saturated heterocycles. The Kier molecular flexibility index (Phi) is 7.51. The first-order valence-electron chi connectivity index (χ1n) is 10.7. The van der Waals surface area contributed by atoms with E-state index in [0.717, 1.165) is 12.0 Å². The largest absolute Gasteiger partial charge is 0.491 e. The molecular weight excluding hydrogens is 432 g/mol. The SMILES string of the molecule is O=C(Nc1ccccc1OCCc1ccccc1)c1ccc(CNC(=O)c2cccs2)cc1. The number of para-hydroxylation sites is 2. The zero-order valence-corrected chi connectivity index (χ0v) is 18.8. The number of nitrogens with one attached hydrogen (secondary N) is 2. The van der Waals surface area contributed by atoms with Gasteiger partial charge in [-0.1, -0.05) is 60.7 Å². The van der Waals surface area contributed by atoms with E-state index in [2.05, 4.69) is 22.8 Å². The van der Waals surface area contributed by atoms with Gasteiger partial charge in [0.2, 0.25) is 0 Å². The summed E-state index contributed by atoms with van der Waals surface area (Å²) in [5.41, 5.74) is 3.28. The van der Waals surface area contributed by atoms with Crippen molar-refractivity contribution in [2.24, 2.45) is 0 Å². The second-order valence-electron chi connectivity index (χ2n) is 7.39. The fourth-order valence-electron chi connectivity index (χ4n) is 3.26. The van der Waals surface area contributed by atoms with Crippen LogP contribution in [0.3, 0.4) is 0 Å². The third kappa shape index (κ3) is 6.30. The monoisotopic (exact) mass is 456 g/mol. The fourth-order valence-corrected chi connectivity index (χ4v) is 3.91. The molecule has 3 aromatic carbocycles. The minimum absolute atomic E-state index is 0.101. The van der Waals surface area contributed by atoms with Crippen LogP contribution in [0.15, 0.2) is 96.4 Å². The van der Waals surface area contributed by atoms with Crippen LogP contribution in [0.1, 0.15) is 31.2 Å². The molecule has 0 unspecified atom stereocenters. The molecule has 0 aliphatic heterocycles. The van der Waals surface area contributed by atoms with Crippen LogP contribution in [-0.4, -0.2) is 18.4 Å². The van der Waals surface area contributed by atoms with Crippen LogP contribution < -0.4 is 15.4 Å². The number of hydrogen-bond acceptors (Lipinski definition) is 4. The molecule has 0 fully saturated rings. The Labute approximate surface area is 197 Å². The molecule has 4 rings (SSSR count). The van der Waals surface area contributed by atoms with Crippen molar-refractivity contribution in [3.05, 3.63) is 118 Å². The zero-order chi connectivity index (χ0) is 22.9. The van der Waals surface area contributed by atoms with Gasteiger partial charge in [0, 0.05) is 18.5 Å². The average molecular weight is 457 g/mol. The van der Waals surface area contributed by atoms with Crippen LogP contribution in [0, 0.1) is 0 Å². The number of anilines is 1. The maximum absolute atomic E-state index is 12.8. The van der Waals surface area contributed by atoms with Crippen molar-refractivity contribution in [1.29, 1.82) is 0 Å². The van der Waals surface area contributed by atoms with Crippen molar-refractivity contribution in [1.82, 2.24) is 5.32 Å². The van der Waals surface area contributed by atoms with E-state index in [1.165, 1.54) is 16.9 Å². The van der Waals surface area contributed by atoms with Crippen LogP contribution >= 0.6 is 11.3 Å². The van der Waals surface area contributed by atoms with Gasteiger partial charge >= 0.3 is 0 Å². The van der Waals surface area contributed by atoms with Crippen molar-refractivity contribution >= 4 is 28.8 Å². The highest BCUT2D eigenvalue weighted by molar-refractivity contribution is 7.12. The summed E-state index contributed by atoms with van der Waals surface area (Å²) in [6.45, 7) is 0.916. The lowest BCUT2D eigenvalue weighted by Crippen LogP contribution is -2.21. The Morgan fingerprint density at radius 2 is 1.52 bits per heavy atom. The van der Waals surface area contributed by atoms with E-state index in [0.29, 0.717) is 35.0 Å². The molecule has 1 aromatic heterocycles. The molecule has 2 amide bonds. The summed E-state index contributed by atoms with van der Waals surface area (Å²) >= 11 is 1.40. The van der Waals surface area contributed by atoms with E-state index >= 15 is 0 Å². The van der Waals surface area contributed by atoms with Crippen LogP contribution in [-0.2, 0) is 13.0 Å². The normalized spacial score (nSPS) is 10.4. The molecule has 5 nitrogen and oxygen atoms in total. The quantitative estimate of drug-likeness (QED) is 0.347. The van der Waals surface area contributed by atoms with Gasteiger partial charge in [0.15, 0.2) is 0 Å². The Morgan fingerprint density at radius 3 is 2.27 bits per heavy atom. The number of carbonyl (C=O) groups is 2. The molecule has 33 heavy (non-hydrogen) atoms. The molecular formula is C27H24N2O3S. The summed E-state index contributed by atoms with van der Waals surface area (Å²) in [4.78, 5) is 25.5. The van der Waals surface area contributed by atoms with Crippen molar-refractivity contribution in [2.75, 3.05) is 11.9 Å². The number of ether oxygens (including phenoxy) is 1. The van der Waals surface area contributed by atoms with Gasteiger partial charge in [0.05, 0.1) is 17.2 Å². The highest BCUT2D eigenvalue weighted by Gasteiger charge is 2.11. The van der Waals surface area contributed by atoms with Crippen molar-refractivity contribution in [2.45, 2.75) is 13.0 Å². The summed E-state index contributed by atoms with van der Waals surface area (Å²) in [7, 11) is 0. The number of benzene rings is 3. The van der Waals surface area contributed by atoms with Gasteiger partial charge in [-0.3, -0.25) is 9.59 Å². The summed E-state index contributed by atoms with van der Waals surface area (Å²) in [6.07, 6.45) is 0.785. The Morgan fingerprint density at radius 1 is 0.758 bits per heavy atom. The summed E-state index contributed by atoms with van der Waals surface area (Å²) in [5.74, 6) is 0.314. The third-order valence-electron chi connectivity index (χ3n) is 5.04. The van der Waals surface area contributed by atoms with Gasteiger partial charge in [-0.2, -0.15) is 0 Å². The molecule has 6 heteroatoms. The van der Waals surface area contributed by atoms with Crippen LogP contribution in [0.2, 0.25) is 0 Å². The van der Waals surface area contributed by atoms with Gasteiger partial charge in [-0.05, 0) is 46.8 Å². The number of amides is 2. The standard InChI is InChI=1S/C27H24N2O3S/c30-26(22-14-12-21(13-15-22)19-28-27(31)25-11-6-18-33-25)29-23-9-4-5-10-24(23)32-17-16-20-7-2-1-3-8-20/h1-15,18H,16-17,19H2,(H,28,31)(H,29,30). The van der Waals surface area contributed by atoms with Gasteiger partial charge in [-0.15, -0.1) is 11.3 Å². The zero-order valence-electron chi connectivity index (χ0n) is 18.0. The third-order valence-corrected chi connectivity index (χ3v) is 5.91. The summed E-state index contributed by atoms with van der Waals surface area (Å²) < 4.78 is 5.93. The summed E-state index contributed by atoms with van der Waals surface area (Å²) in [5, 5.41) is 7.68. The molecule has 0 spiro atoms. The van der Waals surface area contributed by atoms with Gasteiger partial charge in [0.25, 0.3) is 11.8 Å². The lowest BCUT2D eigenvalue weighted by molar-refractivity contribution is 0.0953. The maximum Gasteiger partial charge on any atom is 0.261 e. The molecule has 166 valence electrons. The molecule has 1 heterocycles. The van der Waals surface area contributed by atoms with E-state index in [1.54, 1.807) is 18.2 Å². The Balaban J connectivity index is 1.32. The Bertz CT molecular complexity index is 1190. The molecule has 0 radical (unpaired) electrons. The number of hydrogen-bond donors (Lipinski definition) is 2. The van der Waals surface area contributed by atoms with Gasteiger partial charge in [0.1, 0.15) is 5.75 Å². The number of rotatable bonds is 9. The average Bonchev–Trinajstić information content (AvgIpc) is 3.40. The molecule has 0 aliphatic rings. The lowest BCUT2D eigenvalue weighted by Gasteiger charge is -2.13. The minimum Gasteiger partial charge on any atom is -0.491 e. The smallest absolute Gasteiger partial charge is 0.261 e. The highest BCUT2D eigenvalue weighted by atomic mass is 32.1. The second-order valence-corrected chi connectivity index (χ2v) is 8.34. The molecule has 4 aromatic rings. The van der Waals surface area contributed by atoms with E-state index in [-0.39, 0.29) is 11.8 Å². The predicted octanol–water partition coefficient (Wildman–Crippen LogP) is 5.55. The van der Waals surface area contributed by atoms with Gasteiger partial charge in [-0.25, -0.2) is 0 Å².